The summed E-state index contributed by atoms with van der Waals surface area (Å²) in [5.74, 6) is -7.57. The largest absolute Gasteiger partial charge is 0.478 e. The number of carbonyl (C=O) groups is 3. The Morgan fingerprint density at radius 2 is 1.33 bits per heavy atom. The number of esters is 1. The van der Waals surface area contributed by atoms with Crippen molar-refractivity contribution in [2.45, 2.75) is 48.7 Å². The minimum Gasteiger partial charge on any atom is -0.478 e. The van der Waals surface area contributed by atoms with Gasteiger partial charge in [-0.2, -0.15) is 0 Å². The number of carboxylic acid groups (broad SMARTS) is 2. The topological polar surface area (TPSA) is 140 Å². The van der Waals surface area contributed by atoms with Gasteiger partial charge in [0, 0.05) is 6.92 Å². The molecule has 0 aromatic carbocycles. The maximum absolute atomic E-state index is 12.1. The molecule has 4 atom stereocenters. The van der Waals surface area contributed by atoms with Crippen LogP contribution in [0.2, 0.25) is 0 Å². The fraction of sp³-hybridized carbons (Fsp3) is 0.750. The molecule has 0 aromatic rings. The molecule has 3 N–H and O–H groups in total. The van der Waals surface area contributed by atoms with E-state index in [0.717, 1.165) is 27.7 Å². The lowest BCUT2D eigenvalue weighted by molar-refractivity contribution is -0.262. The first-order valence-electron chi connectivity index (χ1n) is 6.27. The van der Waals surface area contributed by atoms with Crippen molar-refractivity contribution < 1.29 is 43.9 Å². The highest BCUT2D eigenvalue weighted by atomic mass is 35.5. The van der Waals surface area contributed by atoms with Crippen LogP contribution < -0.4 is 0 Å². The van der Waals surface area contributed by atoms with E-state index in [1.165, 1.54) is 0 Å². The summed E-state index contributed by atoms with van der Waals surface area (Å²) < 4.78 is 14.3. The van der Waals surface area contributed by atoms with Crippen LogP contribution in [0.3, 0.4) is 0 Å². The molecular weight excluding hydrogens is 394 g/mol. The second-order valence-electron chi connectivity index (χ2n) is 5.24. The molecule has 0 amide bonds. The van der Waals surface area contributed by atoms with E-state index >= 15 is 0 Å². The summed E-state index contributed by atoms with van der Waals surface area (Å²) in [6.07, 6.45) is 0. The number of carboxylic acids is 2. The monoisotopic (exact) mass is 410 g/mol. The highest BCUT2D eigenvalue weighted by Crippen LogP contribution is 2.32. The molecule has 0 spiro atoms. The third-order valence-corrected chi connectivity index (χ3v) is 3.16. The average molecular weight is 412 g/mol. The number of aliphatic hydroxyl groups excluding tert-OH is 1. The molecule has 4 unspecified atom stereocenters. The fourth-order valence-corrected chi connectivity index (χ4v) is 1.79. The van der Waals surface area contributed by atoms with Crippen molar-refractivity contribution in [2.75, 3.05) is 6.61 Å². The van der Waals surface area contributed by atoms with E-state index in [4.69, 9.17) is 54.5 Å². The number of halogens is 3. The third-order valence-electron chi connectivity index (χ3n) is 2.50. The van der Waals surface area contributed by atoms with Crippen molar-refractivity contribution in [1.29, 1.82) is 0 Å². The molecule has 0 aromatic heterocycles. The van der Waals surface area contributed by atoms with Gasteiger partial charge in [0.2, 0.25) is 10.1 Å². The molecule has 140 valence electrons. The number of aliphatic hydroxyl groups is 1. The van der Waals surface area contributed by atoms with Crippen molar-refractivity contribution in [3.05, 3.63) is 0 Å². The van der Waals surface area contributed by atoms with E-state index in [0.29, 0.717) is 0 Å². The fourth-order valence-electron chi connectivity index (χ4n) is 1.26. The zero-order valence-electron chi connectivity index (χ0n) is 13.1. The summed E-state index contributed by atoms with van der Waals surface area (Å²) >= 11 is 17.0. The van der Waals surface area contributed by atoms with E-state index in [1.54, 1.807) is 0 Å². The first-order chi connectivity index (χ1) is 10.5. The van der Waals surface area contributed by atoms with Crippen molar-refractivity contribution in [3.8, 4) is 0 Å². The van der Waals surface area contributed by atoms with Crippen LogP contribution in [0.1, 0.15) is 27.7 Å². The lowest BCUT2D eigenvalue weighted by Gasteiger charge is -2.35. The number of hydrogen-bond acceptors (Lipinski definition) is 7. The Morgan fingerprint density at radius 3 is 1.67 bits per heavy atom. The molecule has 0 aliphatic carbocycles. The van der Waals surface area contributed by atoms with Crippen molar-refractivity contribution in [1.82, 2.24) is 0 Å². The Labute approximate surface area is 152 Å². The molecule has 0 radical (unpaired) electrons. The number of alkyl halides is 3. The van der Waals surface area contributed by atoms with Gasteiger partial charge in [-0.05, 0) is 20.8 Å². The Balaban J connectivity index is 5.40. The van der Waals surface area contributed by atoms with E-state index in [2.05, 4.69) is 4.74 Å². The highest BCUT2D eigenvalue weighted by Gasteiger charge is 2.51. The van der Waals surface area contributed by atoms with E-state index < -0.39 is 45.5 Å². The van der Waals surface area contributed by atoms with Gasteiger partial charge in [0.15, 0.2) is 5.06 Å². The first-order valence-corrected chi connectivity index (χ1v) is 7.40. The molecule has 9 nitrogen and oxygen atoms in total. The number of ether oxygens (including phenoxy) is 3. The van der Waals surface area contributed by atoms with E-state index in [1.807, 2.05) is 0 Å². The lowest BCUT2D eigenvalue weighted by atomic mass is 10.3. The van der Waals surface area contributed by atoms with Crippen LogP contribution in [0.15, 0.2) is 0 Å². The SMILES string of the molecule is CC(Cl)(CO)OC(C)(OC(=O)C(C)(Cl)OC(C)(Cl)C(=O)O)C(=O)O. The molecule has 0 fully saturated rings. The Bertz CT molecular complexity index is 518. The van der Waals surface area contributed by atoms with Gasteiger partial charge in [0.25, 0.3) is 0 Å². The van der Waals surface area contributed by atoms with Crippen molar-refractivity contribution in [2.24, 2.45) is 0 Å². The van der Waals surface area contributed by atoms with Gasteiger partial charge >= 0.3 is 23.7 Å². The molecule has 0 aliphatic heterocycles. The maximum Gasteiger partial charge on any atom is 0.377 e. The number of aliphatic carboxylic acids is 2. The summed E-state index contributed by atoms with van der Waals surface area (Å²) in [6, 6.07) is 0. The molecule has 12 heteroatoms. The summed E-state index contributed by atoms with van der Waals surface area (Å²) in [6.45, 7) is 2.95. The van der Waals surface area contributed by atoms with Crippen molar-refractivity contribution in [3.63, 3.8) is 0 Å². The minimum absolute atomic E-state index is 0.803. The first kappa shape index (κ1) is 23.2. The standard InChI is InChI=1S/C12H17Cl3O9/c1-9(13,5-16)23-12(4,7(19)20)22-8(21)11(3,15)24-10(2,14)6(17)18/h16H,5H2,1-4H3,(H,17,18)(H,19,20). The van der Waals surface area contributed by atoms with Gasteiger partial charge in [0.05, 0.1) is 6.61 Å². The Hall–Kier alpha value is -0.840. The van der Waals surface area contributed by atoms with Crippen LogP contribution in [0.5, 0.6) is 0 Å². The molecule has 0 saturated heterocycles. The molecule has 0 rings (SSSR count). The molecular formula is C12H17Cl3O9. The molecule has 0 saturated carbocycles. The third kappa shape index (κ3) is 6.23. The quantitative estimate of drug-likeness (QED) is 0.291. The van der Waals surface area contributed by atoms with Gasteiger partial charge in [-0.3, -0.25) is 0 Å². The minimum atomic E-state index is -2.65. The van der Waals surface area contributed by atoms with Gasteiger partial charge in [-0.1, -0.05) is 34.8 Å². The van der Waals surface area contributed by atoms with Crippen LogP contribution >= 0.6 is 34.8 Å². The summed E-state index contributed by atoms with van der Waals surface area (Å²) in [4.78, 5) is 34.3. The summed E-state index contributed by atoms with van der Waals surface area (Å²) in [5, 5.41) is 20.3. The second-order valence-corrected chi connectivity index (χ2v) is 7.49. The zero-order chi connectivity index (χ0) is 19.6. The predicted molar refractivity (Wildman–Crippen MR) is 81.8 cm³/mol. The molecule has 0 bridgehead atoms. The van der Waals surface area contributed by atoms with Crippen molar-refractivity contribution >= 4 is 52.7 Å². The molecule has 0 aliphatic rings. The van der Waals surface area contributed by atoms with Gasteiger partial charge in [0.1, 0.15) is 0 Å². The van der Waals surface area contributed by atoms with Crippen LogP contribution in [-0.4, -0.2) is 60.8 Å². The predicted octanol–water partition coefficient (Wildman–Crippen LogP) is 1.31. The average Bonchev–Trinajstić information content (AvgIpc) is 2.36. The Kier molecular flexibility index (Phi) is 7.32. The van der Waals surface area contributed by atoms with Gasteiger partial charge in [-0.25, -0.2) is 14.4 Å². The smallest absolute Gasteiger partial charge is 0.377 e. The van der Waals surface area contributed by atoms with Crippen LogP contribution in [0, 0.1) is 0 Å². The summed E-state index contributed by atoms with van der Waals surface area (Å²) in [5.41, 5.74) is 0. The maximum atomic E-state index is 12.1. The van der Waals surface area contributed by atoms with Crippen LogP contribution in [0.4, 0.5) is 0 Å². The van der Waals surface area contributed by atoms with Gasteiger partial charge in [-0.15, -0.1) is 0 Å². The van der Waals surface area contributed by atoms with Crippen LogP contribution in [-0.2, 0) is 28.6 Å². The lowest BCUT2D eigenvalue weighted by Crippen LogP contribution is -2.53. The number of carbonyl (C=O) groups excluding carboxylic acids is 1. The zero-order valence-corrected chi connectivity index (χ0v) is 15.4. The van der Waals surface area contributed by atoms with Crippen LogP contribution in [0.25, 0.3) is 0 Å². The normalized spacial score (nSPS) is 21.5. The molecule has 0 heterocycles. The van der Waals surface area contributed by atoms with Gasteiger partial charge < -0.3 is 29.5 Å². The Morgan fingerprint density at radius 1 is 0.875 bits per heavy atom. The second kappa shape index (κ2) is 7.59. The number of rotatable bonds is 9. The highest BCUT2D eigenvalue weighted by molar-refractivity contribution is 6.35. The van der Waals surface area contributed by atoms with E-state index in [-0.39, 0.29) is 0 Å². The van der Waals surface area contributed by atoms with E-state index in [9.17, 15) is 19.5 Å². The number of hydrogen-bond donors (Lipinski definition) is 3. The molecule has 24 heavy (non-hydrogen) atoms. The summed E-state index contributed by atoms with van der Waals surface area (Å²) in [7, 11) is 0.